The van der Waals surface area contributed by atoms with E-state index in [4.69, 9.17) is 4.42 Å². The van der Waals surface area contributed by atoms with E-state index in [-0.39, 0.29) is 11.8 Å². The third-order valence-corrected chi connectivity index (χ3v) is 5.81. The van der Waals surface area contributed by atoms with Crippen molar-refractivity contribution < 1.29 is 14.0 Å². The van der Waals surface area contributed by atoms with Crippen LogP contribution < -0.4 is 5.32 Å². The van der Waals surface area contributed by atoms with Crippen LogP contribution in [0.4, 0.5) is 0 Å². The molecule has 1 atom stereocenters. The molecule has 0 saturated carbocycles. The van der Waals surface area contributed by atoms with E-state index in [0.717, 1.165) is 25.4 Å². The number of rotatable bonds is 3. The zero-order chi connectivity index (χ0) is 16.4. The molecule has 2 amide bonds. The predicted molar refractivity (Wildman–Crippen MR) is 89.0 cm³/mol. The van der Waals surface area contributed by atoms with E-state index in [2.05, 4.69) is 10.2 Å². The van der Waals surface area contributed by atoms with Gasteiger partial charge in [-0.05, 0) is 26.0 Å². The number of furan rings is 1. The van der Waals surface area contributed by atoms with Crippen LogP contribution >= 0.6 is 11.8 Å². The summed E-state index contributed by atoms with van der Waals surface area (Å²) in [5.41, 5.74) is 0. The number of carbonyl (C=O) groups is 2. The van der Waals surface area contributed by atoms with Crippen molar-refractivity contribution in [2.45, 2.75) is 31.2 Å². The lowest BCUT2D eigenvalue weighted by atomic mass is 10.1. The molecule has 2 saturated heterocycles. The lowest BCUT2D eigenvalue weighted by molar-refractivity contribution is -0.138. The topological polar surface area (TPSA) is 65.8 Å². The normalized spacial score (nSPS) is 25.2. The van der Waals surface area contributed by atoms with Gasteiger partial charge in [0.25, 0.3) is 0 Å². The van der Waals surface area contributed by atoms with Crippen LogP contribution in [-0.2, 0) is 16.1 Å². The fourth-order valence-electron chi connectivity index (χ4n) is 2.83. The molecule has 1 unspecified atom stereocenters. The van der Waals surface area contributed by atoms with Crippen LogP contribution in [0, 0.1) is 0 Å². The minimum atomic E-state index is -0.446. The molecular weight excluding hydrogens is 314 g/mol. The lowest BCUT2D eigenvalue weighted by Gasteiger charge is -2.39. The molecule has 1 aromatic rings. The van der Waals surface area contributed by atoms with Crippen LogP contribution in [0.15, 0.2) is 22.8 Å². The fourth-order valence-corrected chi connectivity index (χ4v) is 3.83. The van der Waals surface area contributed by atoms with E-state index in [1.165, 1.54) is 0 Å². The Morgan fingerprint density at radius 3 is 2.74 bits per heavy atom. The van der Waals surface area contributed by atoms with Gasteiger partial charge in [0.15, 0.2) is 0 Å². The predicted octanol–water partition coefficient (Wildman–Crippen LogP) is 0.934. The summed E-state index contributed by atoms with van der Waals surface area (Å²) in [5.74, 6) is 1.58. The van der Waals surface area contributed by atoms with Gasteiger partial charge in [-0.15, -0.1) is 11.8 Å². The second-order valence-electron chi connectivity index (χ2n) is 6.53. The first kappa shape index (κ1) is 16.4. The maximum absolute atomic E-state index is 12.6. The number of piperazine rings is 1. The van der Waals surface area contributed by atoms with Crippen molar-refractivity contribution in [3.8, 4) is 0 Å². The molecule has 0 spiro atoms. The van der Waals surface area contributed by atoms with Crippen molar-refractivity contribution in [1.29, 1.82) is 0 Å². The summed E-state index contributed by atoms with van der Waals surface area (Å²) in [6.45, 7) is 7.60. The summed E-state index contributed by atoms with van der Waals surface area (Å²) >= 11 is 1.55. The average molecular weight is 337 g/mol. The van der Waals surface area contributed by atoms with Gasteiger partial charge in [0.1, 0.15) is 11.8 Å². The highest BCUT2D eigenvalue weighted by Gasteiger charge is 2.39. The van der Waals surface area contributed by atoms with Crippen LogP contribution in [0.3, 0.4) is 0 Å². The third-order valence-electron chi connectivity index (χ3n) is 4.40. The third kappa shape index (κ3) is 3.72. The summed E-state index contributed by atoms with van der Waals surface area (Å²) in [4.78, 5) is 28.8. The van der Waals surface area contributed by atoms with E-state index in [0.29, 0.717) is 18.8 Å². The van der Waals surface area contributed by atoms with Crippen molar-refractivity contribution in [1.82, 2.24) is 15.1 Å². The van der Waals surface area contributed by atoms with E-state index < -0.39 is 10.8 Å². The molecule has 2 aliphatic heterocycles. The molecule has 0 radical (unpaired) electrons. The van der Waals surface area contributed by atoms with Gasteiger partial charge in [-0.25, -0.2) is 0 Å². The molecule has 0 bridgehead atoms. The van der Waals surface area contributed by atoms with Gasteiger partial charge in [0.2, 0.25) is 11.8 Å². The van der Waals surface area contributed by atoms with Gasteiger partial charge < -0.3 is 14.6 Å². The molecule has 1 N–H and O–H groups in total. The maximum Gasteiger partial charge on any atom is 0.246 e. The van der Waals surface area contributed by atoms with Crippen molar-refractivity contribution >= 4 is 23.6 Å². The first-order valence-electron chi connectivity index (χ1n) is 7.94. The number of hydrogen-bond donors (Lipinski definition) is 1. The second-order valence-corrected chi connectivity index (χ2v) is 8.17. The Kier molecular flexibility index (Phi) is 4.68. The Hall–Kier alpha value is -1.47. The van der Waals surface area contributed by atoms with Crippen LogP contribution in [-0.4, -0.2) is 64.3 Å². The monoisotopic (exact) mass is 337 g/mol. The molecule has 7 heteroatoms. The van der Waals surface area contributed by atoms with Gasteiger partial charge in [0, 0.05) is 31.9 Å². The minimum Gasteiger partial charge on any atom is -0.468 e. The highest BCUT2D eigenvalue weighted by Crippen LogP contribution is 2.29. The molecule has 2 aliphatic rings. The molecule has 23 heavy (non-hydrogen) atoms. The lowest BCUT2D eigenvalue weighted by Crippen LogP contribution is -2.60. The van der Waals surface area contributed by atoms with E-state index >= 15 is 0 Å². The van der Waals surface area contributed by atoms with Gasteiger partial charge in [0.05, 0.1) is 17.6 Å². The average Bonchev–Trinajstić information content (AvgIpc) is 3.03. The Balaban J connectivity index is 1.49. The smallest absolute Gasteiger partial charge is 0.246 e. The molecule has 6 nitrogen and oxygen atoms in total. The van der Waals surface area contributed by atoms with Gasteiger partial charge in [-0.3, -0.25) is 14.5 Å². The fraction of sp³-hybridized carbons (Fsp3) is 0.625. The van der Waals surface area contributed by atoms with Gasteiger partial charge in [-0.2, -0.15) is 0 Å². The van der Waals surface area contributed by atoms with E-state index in [1.807, 2.05) is 30.9 Å². The van der Waals surface area contributed by atoms with Crippen molar-refractivity contribution in [3.05, 3.63) is 24.2 Å². The minimum absolute atomic E-state index is 0.0407. The Labute approximate surface area is 140 Å². The Morgan fingerprint density at radius 1 is 1.39 bits per heavy atom. The molecule has 3 heterocycles. The molecule has 1 aromatic heterocycles. The van der Waals surface area contributed by atoms with Crippen molar-refractivity contribution in [2.75, 3.05) is 31.9 Å². The summed E-state index contributed by atoms with van der Waals surface area (Å²) in [5, 5.41) is 2.87. The van der Waals surface area contributed by atoms with E-state index in [1.54, 1.807) is 18.0 Å². The number of carbonyl (C=O) groups excluding carboxylic acids is 2. The zero-order valence-corrected chi connectivity index (χ0v) is 14.4. The second kappa shape index (κ2) is 6.57. The van der Waals surface area contributed by atoms with Crippen LogP contribution in [0.1, 0.15) is 19.6 Å². The van der Waals surface area contributed by atoms with Crippen LogP contribution in [0.2, 0.25) is 0 Å². The summed E-state index contributed by atoms with van der Waals surface area (Å²) in [6, 6.07) is 3.46. The largest absolute Gasteiger partial charge is 0.468 e. The number of nitrogens with one attached hydrogen (secondary N) is 1. The molecule has 0 aromatic carbocycles. The maximum atomic E-state index is 12.6. The molecule has 3 rings (SSSR count). The summed E-state index contributed by atoms with van der Waals surface area (Å²) in [6.07, 6.45) is 1.68. The van der Waals surface area contributed by atoms with E-state index in [9.17, 15) is 9.59 Å². The zero-order valence-electron chi connectivity index (χ0n) is 13.6. The summed E-state index contributed by atoms with van der Waals surface area (Å²) in [7, 11) is 0. The number of amides is 2. The molecular formula is C16H23N3O3S. The van der Waals surface area contributed by atoms with Gasteiger partial charge in [-0.1, -0.05) is 0 Å². The van der Waals surface area contributed by atoms with Crippen LogP contribution in [0.5, 0.6) is 0 Å². The van der Waals surface area contributed by atoms with Gasteiger partial charge >= 0.3 is 0 Å². The Morgan fingerprint density at radius 2 is 2.13 bits per heavy atom. The highest BCUT2D eigenvalue weighted by molar-refractivity contribution is 8.01. The summed E-state index contributed by atoms with van der Waals surface area (Å²) < 4.78 is 4.92. The van der Waals surface area contributed by atoms with Crippen LogP contribution in [0.25, 0.3) is 0 Å². The Bertz CT molecular complexity index is 565. The van der Waals surface area contributed by atoms with Crippen molar-refractivity contribution in [3.63, 3.8) is 0 Å². The van der Waals surface area contributed by atoms with Crippen molar-refractivity contribution in [2.24, 2.45) is 0 Å². The highest BCUT2D eigenvalue weighted by atomic mass is 32.2. The first-order chi connectivity index (χ1) is 11.0. The molecule has 126 valence electrons. The number of nitrogens with zero attached hydrogens (tertiary/aromatic N) is 2. The standard InChI is InChI=1S/C16H23N3O3S/c1-16(2)15(21)17-13(11-23-16)14(20)19-7-5-18(6-8-19)10-12-4-3-9-22-12/h3-4,9,13H,5-8,10-11H2,1-2H3,(H,17,21). The number of thioether (sulfide) groups is 1. The molecule has 0 aliphatic carbocycles. The molecule has 2 fully saturated rings. The SMILES string of the molecule is CC1(C)SCC(C(=O)N2CCN(Cc3ccco3)CC2)NC1=O. The number of hydrogen-bond acceptors (Lipinski definition) is 5. The first-order valence-corrected chi connectivity index (χ1v) is 8.93. The quantitative estimate of drug-likeness (QED) is 0.889.